The van der Waals surface area contributed by atoms with Crippen LogP contribution in [0.5, 0.6) is 11.5 Å². The van der Waals surface area contributed by atoms with Crippen molar-refractivity contribution in [3.8, 4) is 11.5 Å². The number of allylic oxidation sites excluding steroid dienone is 2. The van der Waals surface area contributed by atoms with Crippen molar-refractivity contribution < 1.29 is 29.0 Å². The molecule has 248 valence electrons. The Kier molecular flexibility index (Phi) is 8.51. The highest BCUT2D eigenvalue weighted by Gasteiger charge is 2.76. The van der Waals surface area contributed by atoms with Gasteiger partial charge in [0.25, 0.3) is 11.8 Å². The van der Waals surface area contributed by atoms with Gasteiger partial charge in [0.15, 0.2) is 21.2 Å². The molecule has 3 fully saturated rings. The molecule has 0 radical (unpaired) electrons. The maximum absolute atomic E-state index is 14.4. The molecule has 1 saturated carbocycles. The Balaban J connectivity index is 1.32. The van der Waals surface area contributed by atoms with Crippen molar-refractivity contribution in [1.29, 1.82) is 0 Å². The lowest BCUT2D eigenvalue weighted by molar-refractivity contribution is -0.138. The van der Waals surface area contributed by atoms with Crippen LogP contribution in [0.4, 0.5) is 17.1 Å². The van der Waals surface area contributed by atoms with Crippen molar-refractivity contribution in [2.24, 2.45) is 17.8 Å². The number of likely N-dealkylation sites (tertiary alicyclic amines) is 1. The van der Waals surface area contributed by atoms with Gasteiger partial charge in [0.2, 0.25) is 11.8 Å². The molecule has 3 aromatic carbocycles. The van der Waals surface area contributed by atoms with Gasteiger partial charge in [-0.15, -0.1) is 23.2 Å². The van der Waals surface area contributed by atoms with E-state index in [1.54, 1.807) is 30.3 Å². The van der Waals surface area contributed by atoms with Crippen molar-refractivity contribution in [2.75, 3.05) is 22.8 Å². The number of aromatic hydroxyl groups is 1. The lowest BCUT2D eigenvalue weighted by Gasteiger charge is -2.51. The second-order valence-corrected chi connectivity index (χ2v) is 15.5. The molecule has 2 aliphatic heterocycles. The number of hydrogen-bond donors (Lipinski definition) is 2. The molecule has 48 heavy (non-hydrogen) atoms. The molecule has 2 aliphatic carbocycles. The summed E-state index contributed by atoms with van der Waals surface area (Å²) in [4.78, 5) is 54.6. The van der Waals surface area contributed by atoms with Gasteiger partial charge in [-0.2, -0.15) is 0 Å². The van der Waals surface area contributed by atoms with E-state index < -0.39 is 51.1 Å². The van der Waals surface area contributed by atoms with Gasteiger partial charge in [-0.05, 0) is 98.6 Å². The molecular weight excluding hydrogens is 857 g/mol. The molecule has 6 unspecified atom stereocenters. The molecule has 4 aliphatic rings. The summed E-state index contributed by atoms with van der Waals surface area (Å²) >= 11 is 24.9. The number of nitrogens with zero attached hydrogens (tertiary/aromatic N) is 2. The zero-order valence-electron chi connectivity index (χ0n) is 25.1. The third-order valence-electron chi connectivity index (χ3n) is 9.91. The highest BCUT2D eigenvalue weighted by molar-refractivity contribution is 9.13. The summed E-state index contributed by atoms with van der Waals surface area (Å²) in [5, 5.41) is 14.0. The van der Waals surface area contributed by atoms with Crippen molar-refractivity contribution in [3.63, 3.8) is 0 Å². The van der Waals surface area contributed by atoms with Crippen molar-refractivity contribution in [3.05, 3.63) is 86.8 Å². The first-order valence-electron chi connectivity index (χ1n) is 14.9. The molecule has 2 heterocycles. The Hall–Kier alpha value is -2.90. The Morgan fingerprint density at radius 3 is 2.25 bits per heavy atom. The average molecular weight is 883 g/mol. The number of phenols is 1. The molecule has 14 heteroatoms. The Labute approximate surface area is 311 Å². The summed E-state index contributed by atoms with van der Waals surface area (Å²) in [7, 11) is 1.38. The fourth-order valence-corrected chi connectivity index (χ4v) is 10.1. The quantitative estimate of drug-likeness (QED) is 0.114. The zero-order chi connectivity index (χ0) is 34.3. The molecule has 4 amide bonds. The van der Waals surface area contributed by atoms with Gasteiger partial charge in [-0.25, -0.2) is 0 Å². The van der Waals surface area contributed by atoms with E-state index in [9.17, 15) is 24.3 Å². The minimum Gasteiger partial charge on any atom is -0.503 e. The van der Waals surface area contributed by atoms with Gasteiger partial charge < -0.3 is 15.2 Å². The Morgan fingerprint density at radius 1 is 0.938 bits per heavy atom. The van der Waals surface area contributed by atoms with Crippen LogP contribution in [0, 0.1) is 17.8 Å². The lowest BCUT2D eigenvalue weighted by Crippen LogP contribution is -2.60. The molecule has 2 saturated heterocycles. The van der Waals surface area contributed by atoms with E-state index in [-0.39, 0.29) is 40.2 Å². The van der Waals surface area contributed by atoms with E-state index in [2.05, 4.69) is 53.1 Å². The first-order valence-corrected chi connectivity index (χ1v) is 18.4. The highest BCUT2D eigenvalue weighted by atomic mass is 79.9. The number of anilines is 3. The number of nitrogens with one attached hydrogen (secondary N) is 1. The van der Waals surface area contributed by atoms with Crippen molar-refractivity contribution >= 4 is 112 Å². The number of imide groups is 2. The molecule has 7 rings (SSSR count). The SMILES string of the molecule is COc1cc(C2C3=CCC4C(=O)N(c5ccc(Nc6ccccc6)cc5)C(=O)C4C3CC3(Cl)C(=O)N(CBr)C(=O)C23Cl)c(Br)c(Br)c1O. The number of carbonyl (C=O) groups is 4. The zero-order valence-corrected chi connectivity index (χ0v) is 31.3. The summed E-state index contributed by atoms with van der Waals surface area (Å²) < 4.78 is 6.05. The minimum atomic E-state index is -2.01. The Morgan fingerprint density at radius 2 is 1.60 bits per heavy atom. The van der Waals surface area contributed by atoms with Crippen LogP contribution in [0.3, 0.4) is 0 Å². The van der Waals surface area contributed by atoms with E-state index in [1.807, 2.05) is 36.4 Å². The van der Waals surface area contributed by atoms with Crippen LogP contribution in [-0.2, 0) is 19.2 Å². The van der Waals surface area contributed by atoms with Crippen LogP contribution in [0.2, 0.25) is 0 Å². The number of ether oxygens (including phenoxy) is 1. The van der Waals surface area contributed by atoms with Crippen LogP contribution in [-0.4, -0.2) is 55.9 Å². The van der Waals surface area contributed by atoms with Gasteiger partial charge in [-0.1, -0.05) is 45.8 Å². The summed E-state index contributed by atoms with van der Waals surface area (Å²) in [5.74, 6) is -5.57. The number of halogens is 5. The molecule has 3 aromatic rings. The monoisotopic (exact) mass is 879 g/mol. The first kappa shape index (κ1) is 33.6. The Bertz CT molecular complexity index is 1930. The number of methoxy groups -OCH3 is 1. The molecule has 6 atom stereocenters. The molecule has 2 N–H and O–H groups in total. The third-order valence-corrected chi connectivity index (χ3v) is 14.0. The fourth-order valence-electron chi connectivity index (χ4n) is 7.71. The van der Waals surface area contributed by atoms with Gasteiger partial charge in [0.1, 0.15) is 0 Å². The standard InChI is InChI=1S/C34H26Br3Cl2N3O6/c1-48-23-13-21(26(36)27(37)28(23)43)25-19-11-12-20-24(22(19)14-33(38)31(46)41(15-35)32(47)34(25,33)39)30(45)42(29(20)44)18-9-7-17(8-10-18)40-16-5-3-2-4-6-16/h2-11,13,20,22,24-25,40,43H,12,14-15H2,1H3. The smallest absolute Gasteiger partial charge is 0.254 e. The maximum atomic E-state index is 14.4. The van der Waals surface area contributed by atoms with Crippen LogP contribution < -0.4 is 15.0 Å². The fraction of sp³-hybridized carbons (Fsp3) is 0.294. The second-order valence-electron chi connectivity index (χ2n) is 12.2. The van der Waals surface area contributed by atoms with Crippen LogP contribution in [0.1, 0.15) is 24.3 Å². The number of amides is 4. The molecule has 0 spiro atoms. The van der Waals surface area contributed by atoms with Crippen LogP contribution in [0.25, 0.3) is 0 Å². The average Bonchev–Trinajstić information content (AvgIpc) is 3.42. The largest absolute Gasteiger partial charge is 0.503 e. The maximum Gasteiger partial charge on any atom is 0.254 e. The summed E-state index contributed by atoms with van der Waals surface area (Å²) in [6.07, 6.45) is 1.92. The topological polar surface area (TPSA) is 116 Å². The van der Waals surface area contributed by atoms with Gasteiger partial charge >= 0.3 is 0 Å². The number of rotatable bonds is 6. The number of benzene rings is 3. The third kappa shape index (κ3) is 4.66. The van der Waals surface area contributed by atoms with E-state index in [0.717, 1.165) is 16.3 Å². The molecular formula is C34H26Br3Cl2N3O6. The number of alkyl halides is 3. The lowest BCUT2D eigenvalue weighted by atomic mass is 9.56. The summed E-state index contributed by atoms with van der Waals surface area (Å²) in [6.45, 7) is 0. The van der Waals surface area contributed by atoms with E-state index >= 15 is 0 Å². The van der Waals surface area contributed by atoms with E-state index in [4.69, 9.17) is 27.9 Å². The van der Waals surface area contributed by atoms with Crippen LogP contribution >= 0.6 is 71.0 Å². The van der Waals surface area contributed by atoms with E-state index in [0.29, 0.717) is 21.3 Å². The minimum absolute atomic E-state index is 0.0922. The normalized spacial score (nSPS) is 29.4. The number of para-hydroxylation sites is 1. The predicted octanol–water partition coefficient (Wildman–Crippen LogP) is 7.59. The number of carbonyl (C=O) groups excluding carboxylic acids is 4. The van der Waals surface area contributed by atoms with E-state index in [1.165, 1.54) is 12.0 Å². The van der Waals surface area contributed by atoms with Crippen molar-refractivity contribution in [2.45, 2.75) is 28.5 Å². The number of phenolic OH excluding ortho intramolecular Hbond substituents is 1. The van der Waals surface area contributed by atoms with Crippen molar-refractivity contribution in [1.82, 2.24) is 4.90 Å². The molecule has 0 aromatic heterocycles. The predicted molar refractivity (Wildman–Crippen MR) is 192 cm³/mol. The van der Waals surface area contributed by atoms with Gasteiger partial charge in [0, 0.05) is 21.8 Å². The summed E-state index contributed by atoms with van der Waals surface area (Å²) in [6, 6.07) is 18.2. The highest BCUT2D eigenvalue weighted by Crippen LogP contribution is 2.67. The summed E-state index contributed by atoms with van der Waals surface area (Å²) in [5.41, 5.74) is 2.99. The molecule has 0 bridgehead atoms. The molecule has 9 nitrogen and oxygen atoms in total. The van der Waals surface area contributed by atoms with Gasteiger partial charge in [0.05, 0.1) is 34.6 Å². The number of fused-ring (bicyclic) bond motifs is 4. The first-order chi connectivity index (χ1) is 22.9. The van der Waals surface area contributed by atoms with Crippen LogP contribution in [0.15, 0.2) is 81.3 Å². The van der Waals surface area contributed by atoms with Gasteiger partial charge in [-0.3, -0.25) is 29.0 Å². The second kappa shape index (κ2) is 12.2. The number of hydrogen-bond acceptors (Lipinski definition) is 7.